The smallest absolute Gasteiger partial charge is 0.362 e. The fourth-order valence-electron chi connectivity index (χ4n) is 5.34. The lowest BCUT2D eigenvalue weighted by Gasteiger charge is -2.31. The molecule has 0 aliphatic heterocycles. The summed E-state index contributed by atoms with van der Waals surface area (Å²) in [5.74, 6) is -1.58. The maximum absolute atomic E-state index is 12.7. The lowest BCUT2D eigenvalue weighted by Crippen LogP contribution is -2.50. The maximum atomic E-state index is 12.7. The average Bonchev–Trinajstić information content (AvgIpc) is 3.12. The first-order valence-electron chi connectivity index (χ1n) is 20.6. The van der Waals surface area contributed by atoms with E-state index in [1.807, 2.05) is 27.2 Å². The fourth-order valence-corrected chi connectivity index (χ4v) is 5.34. The van der Waals surface area contributed by atoms with Crippen molar-refractivity contribution in [3.8, 4) is 0 Å². The molecule has 2 unspecified atom stereocenters. The minimum Gasteiger partial charge on any atom is -0.477 e. The van der Waals surface area contributed by atoms with E-state index in [4.69, 9.17) is 14.2 Å². The summed E-state index contributed by atoms with van der Waals surface area (Å²) in [4.78, 5) is 36.7. The monoisotopic (exact) mass is 755 g/mol. The van der Waals surface area contributed by atoms with E-state index < -0.39 is 18.1 Å². The predicted octanol–water partition coefficient (Wildman–Crippen LogP) is 11.0. The van der Waals surface area contributed by atoms with Gasteiger partial charge in [0.2, 0.25) is 0 Å². The fraction of sp³-hybridized carbons (Fsp3) is 0.630. The molecule has 0 aromatic rings. The molecule has 0 amide bonds. The average molecular weight is 755 g/mol. The number of carbonyl (C=O) groups excluding carboxylic acids is 2. The number of aliphatic carboxylic acids is 1. The third-order valence-electron chi connectivity index (χ3n) is 8.54. The second-order valence-electron chi connectivity index (χ2n) is 14.5. The summed E-state index contributed by atoms with van der Waals surface area (Å²) in [6.45, 7) is 4.45. The second-order valence-corrected chi connectivity index (χ2v) is 14.5. The van der Waals surface area contributed by atoms with Crippen molar-refractivity contribution in [2.45, 2.75) is 148 Å². The van der Waals surface area contributed by atoms with Crippen molar-refractivity contribution in [3.63, 3.8) is 0 Å². The number of unbranched alkanes of at least 4 members (excludes halogenated alkanes) is 7. The summed E-state index contributed by atoms with van der Waals surface area (Å²) in [5.41, 5.74) is 0. The third kappa shape index (κ3) is 34.3. The number of nitrogens with zero attached hydrogens (tertiary/aromatic N) is 1. The third-order valence-corrected chi connectivity index (χ3v) is 8.54. The van der Waals surface area contributed by atoms with E-state index in [1.165, 1.54) is 12.8 Å². The van der Waals surface area contributed by atoms with E-state index in [-0.39, 0.29) is 49.1 Å². The molecule has 0 saturated carbocycles. The molecule has 0 aliphatic carbocycles. The van der Waals surface area contributed by atoms with Crippen molar-refractivity contribution in [1.82, 2.24) is 0 Å². The zero-order valence-corrected chi connectivity index (χ0v) is 34.6. The number of hydrogen-bond donors (Lipinski definition) is 1. The van der Waals surface area contributed by atoms with Crippen molar-refractivity contribution >= 4 is 17.9 Å². The molecule has 2 atom stereocenters. The Bertz CT molecular complexity index is 1160. The van der Waals surface area contributed by atoms with Crippen LogP contribution in [0.15, 0.2) is 85.1 Å². The van der Waals surface area contributed by atoms with E-state index in [9.17, 15) is 19.5 Å². The summed E-state index contributed by atoms with van der Waals surface area (Å²) < 4.78 is 17.1. The highest BCUT2D eigenvalue weighted by atomic mass is 16.6. The molecule has 0 aromatic heterocycles. The van der Waals surface area contributed by atoms with Gasteiger partial charge in [-0.2, -0.15) is 0 Å². The highest BCUT2D eigenvalue weighted by Gasteiger charge is 2.31. The van der Waals surface area contributed by atoms with Crippen LogP contribution in [0.4, 0.5) is 0 Å². The minimum absolute atomic E-state index is 0.0335. The molecule has 0 rings (SSSR count). The standard InChI is InChI=1S/C46H75NO7/c1-6-8-10-12-14-15-16-17-18-19-20-21-22-23-24-25-26-27-28-29-31-33-35-37-45(49)54-42(40-52-39-38-43(46(50)51)47(3,4)5)41-53-44(48)36-34-32-30-13-11-9-7-2/h8,10,14-15,17-18,20-21,23-24,26-27,30,32,42-43H,6-7,9,11-13,16,19,22,25,28-29,31,33-41H2,1-5H3/p+1/b10-8+,15-14+,18-17+,21-20+,24-23+,27-26+,32-30+. The van der Waals surface area contributed by atoms with Crippen LogP contribution >= 0.6 is 0 Å². The normalized spacial score (nSPS) is 13.9. The molecule has 0 spiro atoms. The van der Waals surface area contributed by atoms with Gasteiger partial charge in [-0.3, -0.25) is 9.59 Å². The van der Waals surface area contributed by atoms with E-state index in [0.29, 0.717) is 12.8 Å². The molecule has 8 heteroatoms. The Morgan fingerprint density at radius 2 is 1.07 bits per heavy atom. The Morgan fingerprint density at radius 1 is 0.574 bits per heavy atom. The van der Waals surface area contributed by atoms with Crippen LogP contribution in [-0.4, -0.2) is 80.6 Å². The Balaban J connectivity index is 4.36. The van der Waals surface area contributed by atoms with Crippen LogP contribution in [0.5, 0.6) is 0 Å². The highest BCUT2D eigenvalue weighted by molar-refractivity contribution is 5.72. The van der Waals surface area contributed by atoms with Crippen LogP contribution in [0, 0.1) is 0 Å². The van der Waals surface area contributed by atoms with Crippen LogP contribution in [0.2, 0.25) is 0 Å². The number of allylic oxidation sites excluding steroid dienone is 14. The van der Waals surface area contributed by atoms with Gasteiger partial charge in [0.1, 0.15) is 6.61 Å². The maximum Gasteiger partial charge on any atom is 0.362 e. The van der Waals surface area contributed by atoms with Gasteiger partial charge in [0.15, 0.2) is 12.1 Å². The van der Waals surface area contributed by atoms with Gasteiger partial charge in [0, 0.05) is 19.3 Å². The van der Waals surface area contributed by atoms with Crippen molar-refractivity contribution in [2.75, 3.05) is 41.0 Å². The molecule has 8 nitrogen and oxygen atoms in total. The molecular weight excluding hydrogens is 679 g/mol. The van der Waals surface area contributed by atoms with Gasteiger partial charge in [-0.1, -0.05) is 125 Å². The first-order chi connectivity index (χ1) is 26.1. The largest absolute Gasteiger partial charge is 0.477 e. The first-order valence-corrected chi connectivity index (χ1v) is 20.6. The van der Waals surface area contributed by atoms with Gasteiger partial charge in [-0.05, 0) is 77.0 Å². The molecule has 0 heterocycles. The number of carbonyl (C=O) groups is 3. The molecule has 0 fully saturated rings. The summed E-state index contributed by atoms with van der Waals surface area (Å²) >= 11 is 0. The Hall–Kier alpha value is -3.49. The summed E-state index contributed by atoms with van der Waals surface area (Å²) in [5, 5.41) is 9.58. The summed E-state index contributed by atoms with van der Waals surface area (Å²) in [6.07, 6.45) is 46.6. The van der Waals surface area contributed by atoms with Crippen LogP contribution < -0.4 is 0 Å². The number of carboxylic acid groups (broad SMARTS) is 1. The number of quaternary nitrogens is 1. The predicted molar refractivity (Wildman–Crippen MR) is 224 cm³/mol. The van der Waals surface area contributed by atoms with Crippen LogP contribution in [0.25, 0.3) is 0 Å². The number of likely N-dealkylation sites (N-methyl/N-ethyl adjacent to an activating group) is 1. The molecule has 1 N–H and O–H groups in total. The molecule has 0 bridgehead atoms. The molecule has 0 aliphatic rings. The number of rotatable bonds is 35. The topological polar surface area (TPSA) is 99.1 Å². The number of hydrogen-bond acceptors (Lipinski definition) is 6. The van der Waals surface area contributed by atoms with Crippen LogP contribution in [0.3, 0.4) is 0 Å². The van der Waals surface area contributed by atoms with E-state index >= 15 is 0 Å². The molecule has 0 radical (unpaired) electrons. The second kappa shape index (κ2) is 36.5. The Labute approximate surface area is 329 Å². The highest BCUT2D eigenvalue weighted by Crippen LogP contribution is 2.11. The molecular formula is C46H76NO7+. The first kappa shape index (κ1) is 50.5. The molecule has 54 heavy (non-hydrogen) atoms. The van der Waals surface area contributed by atoms with Crippen molar-refractivity contribution in [2.24, 2.45) is 0 Å². The van der Waals surface area contributed by atoms with Gasteiger partial charge in [0.05, 0.1) is 34.4 Å². The van der Waals surface area contributed by atoms with Crippen LogP contribution in [0.1, 0.15) is 136 Å². The zero-order valence-electron chi connectivity index (χ0n) is 34.6. The SMILES string of the molecule is CC/C=C/C/C=C/C/C=C/C/C=C/C/C=C/C/C=C/CCCCCCC(=O)OC(COCCC(C(=O)O)[N+](C)(C)C)COC(=O)CC/C=C/CCCCC. The van der Waals surface area contributed by atoms with E-state index in [0.717, 1.165) is 83.5 Å². The van der Waals surface area contributed by atoms with Gasteiger partial charge in [-0.25, -0.2) is 4.79 Å². The lowest BCUT2D eigenvalue weighted by atomic mass is 10.1. The Kier molecular flexibility index (Phi) is 34.1. The zero-order chi connectivity index (χ0) is 40.0. The molecule has 306 valence electrons. The van der Waals surface area contributed by atoms with Crippen molar-refractivity contribution in [1.29, 1.82) is 0 Å². The minimum atomic E-state index is -0.889. The van der Waals surface area contributed by atoms with Gasteiger partial charge in [0.25, 0.3) is 0 Å². The van der Waals surface area contributed by atoms with E-state index in [2.05, 4.69) is 92.8 Å². The summed E-state index contributed by atoms with van der Waals surface area (Å²) in [6, 6.07) is -0.627. The lowest BCUT2D eigenvalue weighted by molar-refractivity contribution is -0.887. The Morgan fingerprint density at radius 3 is 1.61 bits per heavy atom. The van der Waals surface area contributed by atoms with Gasteiger partial charge in [-0.15, -0.1) is 0 Å². The van der Waals surface area contributed by atoms with Crippen molar-refractivity contribution < 1.29 is 38.2 Å². The molecule has 0 aromatic carbocycles. The van der Waals surface area contributed by atoms with Gasteiger partial charge < -0.3 is 23.8 Å². The molecule has 0 saturated heterocycles. The van der Waals surface area contributed by atoms with Crippen LogP contribution in [-0.2, 0) is 28.6 Å². The number of ether oxygens (including phenoxy) is 3. The van der Waals surface area contributed by atoms with Crippen molar-refractivity contribution in [3.05, 3.63) is 85.1 Å². The van der Waals surface area contributed by atoms with Gasteiger partial charge >= 0.3 is 17.9 Å². The quantitative estimate of drug-likeness (QED) is 0.0298. The number of esters is 2. The summed E-state index contributed by atoms with van der Waals surface area (Å²) in [7, 11) is 5.48. The number of carboxylic acids is 1. The van der Waals surface area contributed by atoms with E-state index in [1.54, 1.807) is 0 Å².